The molecule has 2 rings (SSSR count). The molecule has 2 nitrogen and oxygen atoms in total. The number of carbonyl (C=O) groups is 1. The van der Waals surface area contributed by atoms with E-state index >= 15 is 0 Å². The highest BCUT2D eigenvalue weighted by molar-refractivity contribution is 8.00. The van der Waals surface area contributed by atoms with Crippen LogP contribution in [0.4, 0.5) is 0 Å². The molecule has 3 heteroatoms. The van der Waals surface area contributed by atoms with Gasteiger partial charge < -0.3 is 5.32 Å². The van der Waals surface area contributed by atoms with Crippen molar-refractivity contribution in [2.45, 2.75) is 44.0 Å². The van der Waals surface area contributed by atoms with Crippen molar-refractivity contribution in [1.29, 1.82) is 0 Å². The van der Waals surface area contributed by atoms with Gasteiger partial charge in [0.25, 0.3) is 0 Å². The summed E-state index contributed by atoms with van der Waals surface area (Å²) in [5, 5.41) is 3.06. The lowest BCUT2D eigenvalue weighted by atomic mass is 9.86. The second-order valence-corrected chi connectivity index (χ2v) is 7.81. The predicted octanol–water partition coefficient (Wildman–Crippen LogP) is 4.95. The molecule has 0 bridgehead atoms. The van der Waals surface area contributed by atoms with Crippen LogP contribution in [-0.2, 0) is 10.2 Å². The number of rotatable bonds is 5. The average Bonchev–Trinajstić information content (AvgIpc) is 2.53. The van der Waals surface area contributed by atoms with Crippen LogP contribution in [0.1, 0.15) is 44.9 Å². The van der Waals surface area contributed by atoms with Crippen molar-refractivity contribution < 1.29 is 4.79 Å². The van der Waals surface area contributed by atoms with E-state index < -0.39 is 0 Å². The van der Waals surface area contributed by atoms with Crippen molar-refractivity contribution in [3.63, 3.8) is 0 Å². The number of nitrogens with one attached hydrogen (secondary N) is 1. The second-order valence-electron chi connectivity index (χ2n) is 6.76. The molecule has 23 heavy (non-hydrogen) atoms. The fourth-order valence-corrected chi connectivity index (χ4v) is 3.03. The summed E-state index contributed by atoms with van der Waals surface area (Å²) < 4.78 is 0. The summed E-state index contributed by atoms with van der Waals surface area (Å²) in [6.45, 7) is 8.63. The third-order valence-electron chi connectivity index (χ3n) is 3.77. The van der Waals surface area contributed by atoms with Crippen LogP contribution in [0.3, 0.4) is 0 Å². The molecule has 0 heterocycles. The Bertz CT molecular complexity index is 629. The van der Waals surface area contributed by atoms with Crippen LogP contribution in [0.2, 0.25) is 0 Å². The molecule has 0 aliphatic rings. The molecule has 0 aliphatic heterocycles. The molecule has 2 aromatic rings. The first kappa shape index (κ1) is 17.6. The molecular formula is C20H25NOS. The summed E-state index contributed by atoms with van der Waals surface area (Å²) >= 11 is 1.56. The first-order valence-electron chi connectivity index (χ1n) is 7.94. The Morgan fingerprint density at radius 1 is 1.04 bits per heavy atom. The summed E-state index contributed by atoms with van der Waals surface area (Å²) in [4.78, 5) is 13.2. The zero-order chi connectivity index (χ0) is 16.9. The van der Waals surface area contributed by atoms with Gasteiger partial charge in [0, 0.05) is 4.90 Å². The van der Waals surface area contributed by atoms with Crippen molar-refractivity contribution in [2.75, 3.05) is 5.75 Å². The lowest BCUT2D eigenvalue weighted by molar-refractivity contribution is -0.119. The van der Waals surface area contributed by atoms with Gasteiger partial charge in [-0.15, -0.1) is 11.8 Å². The summed E-state index contributed by atoms with van der Waals surface area (Å²) in [6, 6.07) is 18.5. The lowest BCUT2D eigenvalue weighted by Gasteiger charge is -2.20. The Morgan fingerprint density at radius 2 is 1.65 bits per heavy atom. The highest BCUT2D eigenvalue weighted by Crippen LogP contribution is 2.24. The van der Waals surface area contributed by atoms with Crippen molar-refractivity contribution in [1.82, 2.24) is 5.32 Å². The van der Waals surface area contributed by atoms with E-state index in [1.54, 1.807) is 11.8 Å². The van der Waals surface area contributed by atoms with Crippen LogP contribution in [0.15, 0.2) is 59.5 Å². The molecule has 1 atom stereocenters. The zero-order valence-electron chi connectivity index (χ0n) is 14.3. The standard InChI is InChI=1S/C20H25NOS/c1-15(16-10-12-17(13-11-16)20(2,3)4)21-19(22)14-23-18-8-6-5-7-9-18/h5-13,15H,14H2,1-4H3,(H,21,22). The van der Waals surface area contributed by atoms with Gasteiger partial charge in [0.1, 0.15) is 0 Å². The van der Waals surface area contributed by atoms with Crippen LogP contribution in [0.5, 0.6) is 0 Å². The third-order valence-corrected chi connectivity index (χ3v) is 4.78. The Hall–Kier alpha value is -1.74. The Morgan fingerprint density at radius 3 is 2.22 bits per heavy atom. The van der Waals surface area contributed by atoms with Crippen molar-refractivity contribution in [3.8, 4) is 0 Å². The van der Waals surface area contributed by atoms with E-state index in [2.05, 4.69) is 50.4 Å². The van der Waals surface area contributed by atoms with Gasteiger partial charge in [-0.3, -0.25) is 4.79 Å². The van der Waals surface area contributed by atoms with Crippen LogP contribution in [0.25, 0.3) is 0 Å². The fourth-order valence-electron chi connectivity index (χ4n) is 2.30. The molecule has 1 N–H and O–H groups in total. The summed E-state index contributed by atoms with van der Waals surface area (Å²) in [5.74, 6) is 0.500. The number of carbonyl (C=O) groups excluding carboxylic acids is 1. The summed E-state index contributed by atoms with van der Waals surface area (Å²) in [6.07, 6.45) is 0. The maximum Gasteiger partial charge on any atom is 0.230 e. The molecule has 0 radical (unpaired) electrons. The quantitative estimate of drug-likeness (QED) is 0.787. The molecule has 0 fully saturated rings. The van der Waals surface area contributed by atoms with Gasteiger partial charge in [-0.05, 0) is 35.6 Å². The minimum absolute atomic E-state index is 0.0212. The van der Waals surface area contributed by atoms with E-state index in [0.717, 1.165) is 10.5 Å². The summed E-state index contributed by atoms with van der Waals surface area (Å²) in [5.41, 5.74) is 2.59. The SMILES string of the molecule is CC(NC(=O)CSc1ccccc1)c1ccc(C(C)(C)C)cc1. The predicted molar refractivity (Wildman–Crippen MR) is 98.9 cm³/mol. The molecule has 0 aromatic heterocycles. The Kier molecular flexibility index (Phi) is 5.89. The first-order valence-corrected chi connectivity index (χ1v) is 8.92. The van der Waals surface area contributed by atoms with Gasteiger partial charge in [0.15, 0.2) is 0 Å². The van der Waals surface area contributed by atoms with Crippen LogP contribution in [0, 0.1) is 0 Å². The largest absolute Gasteiger partial charge is 0.349 e. The first-order chi connectivity index (χ1) is 10.9. The number of thioether (sulfide) groups is 1. The molecule has 0 aliphatic carbocycles. The molecule has 0 spiro atoms. The minimum Gasteiger partial charge on any atom is -0.349 e. The van der Waals surface area contributed by atoms with Crippen molar-refractivity contribution in [2.24, 2.45) is 0 Å². The molecule has 1 unspecified atom stereocenters. The average molecular weight is 327 g/mol. The number of hydrogen-bond donors (Lipinski definition) is 1. The maximum absolute atomic E-state index is 12.1. The minimum atomic E-state index is 0.0212. The second kappa shape index (κ2) is 7.69. The van der Waals surface area contributed by atoms with E-state index in [-0.39, 0.29) is 17.4 Å². The van der Waals surface area contributed by atoms with E-state index in [0.29, 0.717) is 5.75 Å². The topological polar surface area (TPSA) is 29.1 Å². The van der Waals surface area contributed by atoms with Crippen molar-refractivity contribution in [3.05, 3.63) is 65.7 Å². The van der Waals surface area contributed by atoms with E-state index in [4.69, 9.17) is 0 Å². The molecule has 2 aromatic carbocycles. The molecule has 122 valence electrons. The van der Waals surface area contributed by atoms with Gasteiger partial charge in [-0.1, -0.05) is 63.2 Å². The number of hydrogen-bond acceptors (Lipinski definition) is 2. The molecule has 0 saturated heterocycles. The monoisotopic (exact) mass is 327 g/mol. The maximum atomic E-state index is 12.1. The molecular weight excluding hydrogens is 302 g/mol. The third kappa shape index (κ3) is 5.43. The van der Waals surface area contributed by atoms with E-state index in [1.807, 2.05) is 37.3 Å². The summed E-state index contributed by atoms with van der Waals surface area (Å²) in [7, 11) is 0. The fraction of sp³-hybridized carbons (Fsp3) is 0.350. The van der Waals surface area contributed by atoms with Gasteiger partial charge in [-0.2, -0.15) is 0 Å². The van der Waals surface area contributed by atoms with E-state index in [9.17, 15) is 4.79 Å². The highest BCUT2D eigenvalue weighted by Gasteiger charge is 2.15. The van der Waals surface area contributed by atoms with Gasteiger partial charge in [-0.25, -0.2) is 0 Å². The van der Waals surface area contributed by atoms with Gasteiger partial charge in [0.05, 0.1) is 11.8 Å². The Labute approximate surface area is 143 Å². The van der Waals surface area contributed by atoms with Gasteiger partial charge in [0.2, 0.25) is 5.91 Å². The smallest absolute Gasteiger partial charge is 0.230 e. The van der Waals surface area contributed by atoms with Crippen LogP contribution < -0.4 is 5.32 Å². The lowest BCUT2D eigenvalue weighted by Crippen LogP contribution is -2.28. The van der Waals surface area contributed by atoms with Gasteiger partial charge >= 0.3 is 0 Å². The normalized spacial score (nSPS) is 12.7. The zero-order valence-corrected chi connectivity index (χ0v) is 15.1. The highest BCUT2D eigenvalue weighted by atomic mass is 32.2. The van der Waals surface area contributed by atoms with Crippen LogP contribution in [-0.4, -0.2) is 11.7 Å². The van der Waals surface area contributed by atoms with Crippen LogP contribution >= 0.6 is 11.8 Å². The number of amides is 1. The van der Waals surface area contributed by atoms with Crippen molar-refractivity contribution >= 4 is 17.7 Å². The van der Waals surface area contributed by atoms with E-state index in [1.165, 1.54) is 5.56 Å². The Balaban J connectivity index is 1.88. The molecule has 1 amide bonds. The molecule has 0 saturated carbocycles. The number of benzene rings is 2.